The number of ether oxygens (including phenoxy) is 1. The molecule has 2 N–H and O–H groups in total. The Morgan fingerprint density at radius 3 is 2.58 bits per heavy atom. The summed E-state index contributed by atoms with van der Waals surface area (Å²) in [6.07, 6.45) is -3.06. The Morgan fingerprint density at radius 1 is 1.18 bits per heavy atom. The van der Waals surface area contributed by atoms with Gasteiger partial charge in [-0.2, -0.15) is 13.2 Å². The maximum Gasteiger partial charge on any atom is 0.416 e. The molecular formula is C21H21F3N4O5. The third-order valence-electron chi connectivity index (χ3n) is 4.82. The molecule has 0 aliphatic carbocycles. The number of Topliss-reactive ketones (excluding diaryl/α,β-unsaturated/α-hetero) is 1. The van der Waals surface area contributed by atoms with Crippen LogP contribution in [0.3, 0.4) is 0 Å². The first-order chi connectivity index (χ1) is 15.7. The van der Waals surface area contributed by atoms with E-state index in [1.807, 2.05) is 0 Å². The number of hydrogen-bond acceptors (Lipinski definition) is 7. The fourth-order valence-corrected chi connectivity index (χ4v) is 3.49. The molecule has 1 amide bonds. The minimum absolute atomic E-state index is 0.00166. The fourth-order valence-electron chi connectivity index (χ4n) is 3.49. The van der Waals surface area contributed by atoms with Crippen LogP contribution in [0.25, 0.3) is 11.0 Å². The number of hydrogen-bond donors (Lipinski definition) is 1. The van der Waals surface area contributed by atoms with E-state index < -0.39 is 23.4 Å². The van der Waals surface area contributed by atoms with Crippen molar-refractivity contribution in [3.63, 3.8) is 0 Å². The topological polar surface area (TPSA) is 119 Å². The number of aromatic nitrogens is 3. The highest BCUT2D eigenvalue weighted by molar-refractivity contribution is 6.45. The Kier molecular flexibility index (Phi) is 7.29. The molecule has 0 saturated heterocycles. The lowest BCUT2D eigenvalue weighted by molar-refractivity contribution is -0.275. The average Bonchev–Trinajstić information content (AvgIpc) is 3.09. The molecule has 0 bridgehead atoms. The van der Waals surface area contributed by atoms with Gasteiger partial charge < -0.3 is 15.0 Å². The number of carbonyl (C=O) groups is 2. The summed E-state index contributed by atoms with van der Waals surface area (Å²) in [5.74, 6) is -2.17. The summed E-state index contributed by atoms with van der Waals surface area (Å²) in [5.41, 5.74) is 5.31. The zero-order valence-corrected chi connectivity index (χ0v) is 17.8. The van der Waals surface area contributed by atoms with Crippen molar-refractivity contribution in [1.29, 1.82) is 0 Å². The molecule has 9 nitrogen and oxygen atoms in total. The van der Waals surface area contributed by atoms with E-state index in [0.29, 0.717) is 11.3 Å². The quantitative estimate of drug-likeness (QED) is 0.160. The summed E-state index contributed by atoms with van der Waals surface area (Å²) in [7, 11) is 1.33. The van der Waals surface area contributed by atoms with E-state index >= 15 is 0 Å². The van der Waals surface area contributed by atoms with E-state index in [9.17, 15) is 22.8 Å². The Hall–Kier alpha value is -3.51. The van der Waals surface area contributed by atoms with Crippen molar-refractivity contribution in [2.45, 2.75) is 26.1 Å². The van der Waals surface area contributed by atoms with Gasteiger partial charge in [-0.3, -0.25) is 9.59 Å². The molecule has 33 heavy (non-hydrogen) atoms. The second kappa shape index (κ2) is 9.96. The van der Waals surface area contributed by atoms with Crippen LogP contribution in [-0.4, -0.2) is 46.5 Å². The summed E-state index contributed by atoms with van der Waals surface area (Å²) in [4.78, 5) is 42.0. The number of alkyl halides is 3. The van der Waals surface area contributed by atoms with Crippen LogP contribution in [0.1, 0.15) is 34.1 Å². The van der Waals surface area contributed by atoms with Crippen molar-refractivity contribution in [2.24, 2.45) is 5.73 Å². The molecule has 2 aromatic heterocycles. The van der Waals surface area contributed by atoms with Crippen LogP contribution in [0.2, 0.25) is 0 Å². The molecule has 176 valence electrons. The molecule has 2 heterocycles. The van der Waals surface area contributed by atoms with E-state index in [1.54, 1.807) is 11.5 Å². The molecular weight excluding hydrogens is 445 g/mol. The van der Waals surface area contributed by atoms with Gasteiger partial charge in [0.2, 0.25) is 5.88 Å². The minimum atomic E-state index is -4.51. The molecule has 0 aliphatic rings. The number of halogens is 3. The molecule has 0 atom stereocenters. The SMILES string of the molecule is CCc1c(C(=O)C(N)=O)c2c(OCCOOC)ncnc2n1Cc1cccc(C(F)(F)F)c1. The molecule has 3 rings (SSSR count). The third-order valence-corrected chi connectivity index (χ3v) is 4.82. The summed E-state index contributed by atoms with van der Waals surface area (Å²) >= 11 is 0. The lowest BCUT2D eigenvalue weighted by Crippen LogP contribution is -2.24. The first kappa shape index (κ1) is 24.1. The predicted molar refractivity (Wildman–Crippen MR) is 109 cm³/mol. The van der Waals surface area contributed by atoms with Gasteiger partial charge in [0.25, 0.3) is 11.7 Å². The standard InChI is InChI=1S/C21H21F3N4O5/c1-3-14-15(17(29)18(25)30)16-19(26-11-27-20(16)32-7-8-33-31-2)28(14)10-12-5-4-6-13(9-12)21(22,23)24/h4-6,9,11H,3,7-8,10H2,1-2H3,(H2,25,30). The largest absolute Gasteiger partial charge is 0.475 e. The third kappa shape index (κ3) is 5.12. The molecule has 0 aliphatic heterocycles. The molecule has 12 heteroatoms. The second-order valence-electron chi connectivity index (χ2n) is 6.87. The van der Waals surface area contributed by atoms with E-state index in [2.05, 4.69) is 14.9 Å². The first-order valence-electron chi connectivity index (χ1n) is 9.83. The van der Waals surface area contributed by atoms with Gasteiger partial charge in [0.1, 0.15) is 25.2 Å². The highest BCUT2D eigenvalue weighted by Crippen LogP contribution is 2.34. The van der Waals surface area contributed by atoms with Crippen LogP contribution in [0, 0.1) is 0 Å². The Bertz CT molecular complexity index is 1180. The van der Waals surface area contributed by atoms with Crippen LogP contribution in [0.5, 0.6) is 5.88 Å². The summed E-state index contributed by atoms with van der Waals surface area (Å²) in [5, 5.41) is 0.141. The van der Waals surface area contributed by atoms with Gasteiger partial charge in [-0.25, -0.2) is 19.7 Å². The number of nitrogens with zero attached hydrogens (tertiary/aromatic N) is 3. The van der Waals surface area contributed by atoms with Gasteiger partial charge >= 0.3 is 6.18 Å². The predicted octanol–water partition coefficient (Wildman–Crippen LogP) is 2.69. The number of nitrogens with two attached hydrogens (primary N) is 1. The normalized spacial score (nSPS) is 11.7. The van der Waals surface area contributed by atoms with Crippen molar-refractivity contribution < 1.29 is 37.3 Å². The maximum absolute atomic E-state index is 13.2. The van der Waals surface area contributed by atoms with Crippen LogP contribution < -0.4 is 10.5 Å². The smallest absolute Gasteiger partial charge is 0.416 e. The molecule has 3 aromatic rings. The zero-order valence-electron chi connectivity index (χ0n) is 17.8. The van der Waals surface area contributed by atoms with Gasteiger partial charge in [0.15, 0.2) is 0 Å². The number of ketones is 1. The highest BCUT2D eigenvalue weighted by atomic mass is 19.4. The fraction of sp³-hybridized carbons (Fsp3) is 0.333. The van der Waals surface area contributed by atoms with Crippen LogP contribution in [0.15, 0.2) is 30.6 Å². The molecule has 0 radical (unpaired) electrons. The number of rotatable bonds is 10. The molecule has 0 fully saturated rings. The van der Waals surface area contributed by atoms with Gasteiger partial charge in [0.05, 0.1) is 23.6 Å². The number of amides is 1. The Labute approximate surface area is 186 Å². The van der Waals surface area contributed by atoms with Gasteiger partial charge in [-0.05, 0) is 24.1 Å². The molecule has 1 aromatic carbocycles. The number of benzene rings is 1. The summed E-state index contributed by atoms with van der Waals surface area (Å²) in [6.45, 7) is 1.74. The van der Waals surface area contributed by atoms with Gasteiger partial charge in [-0.15, -0.1) is 0 Å². The van der Waals surface area contributed by atoms with Crippen molar-refractivity contribution in [1.82, 2.24) is 14.5 Å². The van der Waals surface area contributed by atoms with Gasteiger partial charge in [0, 0.05) is 12.2 Å². The first-order valence-corrected chi connectivity index (χ1v) is 9.83. The zero-order chi connectivity index (χ0) is 24.2. The lowest BCUT2D eigenvalue weighted by atomic mass is 10.1. The Morgan fingerprint density at radius 2 is 1.94 bits per heavy atom. The maximum atomic E-state index is 13.2. The van der Waals surface area contributed by atoms with Crippen molar-refractivity contribution in [3.8, 4) is 5.88 Å². The average molecular weight is 466 g/mol. The van der Waals surface area contributed by atoms with E-state index in [1.165, 1.54) is 25.6 Å². The number of fused-ring (bicyclic) bond motifs is 1. The van der Waals surface area contributed by atoms with Crippen LogP contribution >= 0.6 is 0 Å². The van der Waals surface area contributed by atoms with E-state index in [0.717, 1.165) is 12.1 Å². The monoisotopic (exact) mass is 466 g/mol. The Balaban J connectivity index is 2.17. The van der Waals surface area contributed by atoms with Crippen LogP contribution in [-0.2, 0) is 33.7 Å². The summed E-state index contributed by atoms with van der Waals surface area (Å²) < 4.78 is 46.7. The van der Waals surface area contributed by atoms with Crippen molar-refractivity contribution in [2.75, 3.05) is 20.3 Å². The van der Waals surface area contributed by atoms with E-state index in [-0.39, 0.29) is 48.7 Å². The van der Waals surface area contributed by atoms with Crippen molar-refractivity contribution in [3.05, 3.63) is 53.0 Å². The highest BCUT2D eigenvalue weighted by Gasteiger charge is 2.31. The van der Waals surface area contributed by atoms with Gasteiger partial charge in [-0.1, -0.05) is 19.1 Å². The second-order valence-corrected chi connectivity index (χ2v) is 6.87. The van der Waals surface area contributed by atoms with E-state index in [4.69, 9.17) is 15.4 Å². The van der Waals surface area contributed by atoms with Crippen molar-refractivity contribution >= 4 is 22.7 Å². The lowest BCUT2D eigenvalue weighted by Gasteiger charge is -2.12. The molecule has 0 saturated carbocycles. The molecule has 0 spiro atoms. The number of carbonyl (C=O) groups excluding carboxylic acids is 2. The molecule has 0 unspecified atom stereocenters. The van der Waals surface area contributed by atoms with Crippen LogP contribution in [0.4, 0.5) is 13.2 Å². The minimum Gasteiger partial charge on any atom is -0.475 e. The number of primary amides is 1. The summed E-state index contributed by atoms with van der Waals surface area (Å²) in [6, 6.07) is 4.80.